The fraction of sp³-hybridized carbons (Fsp3) is 0.545. The van der Waals surface area contributed by atoms with Crippen LogP contribution in [-0.2, 0) is 0 Å². The van der Waals surface area contributed by atoms with Crippen LogP contribution in [0.15, 0.2) is 12.1 Å². The highest BCUT2D eigenvalue weighted by atomic mass is 16.6. The Bertz CT molecular complexity index is 431. The number of nitrogens with zero attached hydrogens (tertiary/aromatic N) is 3. The van der Waals surface area contributed by atoms with Crippen LogP contribution < -0.4 is 10.6 Å². The predicted octanol–water partition coefficient (Wildman–Crippen LogP) is 1.95. The molecule has 17 heavy (non-hydrogen) atoms. The van der Waals surface area contributed by atoms with Crippen molar-refractivity contribution in [2.24, 2.45) is 0 Å². The van der Waals surface area contributed by atoms with Gasteiger partial charge in [0.2, 0.25) is 5.82 Å². The molecule has 1 aliphatic rings. The predicted molar refractivity (Wildman–Crippen MR) is 66.0 cm³/mol. The van der Waals surface area contributed by atoms with Crippen molar-refractivity contribution in [1.29, 1.82) is 0 Å². The molecule has 0 aliphatic heterocycles. The molecule has 6 heteroatoms. The lowest BCUT2D eigenvalue weighted by Crippen LogP contribution is -2.27. The van der Waals surface area contributed by atoms with E-state index in [2.05, 4.69) is 16.8 Å². The van der Waals surface area contributed by atoms with Gasteiger partial charge < -0.3 is 10.6 Å². The fourth-order valence-electron chi connectivity index (χ4n) is 1.88. The van der Waals surface area contributed by atoms with Crippen LogP contribution in [0.5, 0.6) is 0 Å². The number of aromatic nitrogens is 1. The van der Waals surface area contributed by atoms with Gasteiger partial charge in [0.05, 0.1) is 4.92 Å². The van der Waals surface area contributed by atoms with Crippen LogP contribution >= 0.6 is 0 Å². The minimum Gasteiger partial charge on any atom is -0.378 e. The van der Waals surface area contributed by atoms with Crippen molar-refractivity contribution in [3.05, 3.63) is 22.2 Å². The van der Waals surface area contributed by atoms with E-state index in [0.29, 0.717) is 6.04 Å². The third-order valence-corrected chi connectivity index (χ3v) is 2.83. The third kappa shape index (κ3) is 2.46. The lowest BCUT2D eigenvalue weighted by atomic mass is 10.3. The van der Waals surface area contributed by atoms with Gasteiger partial charge in [-0.15, -0.1) is 0 Å². The number of nitrogens with two attached hydrogens (primary N) is 1. The van der Waals surface area contributed by atoms with Gasteiger partial charge >= 0.3 is 5.69 Å². The van der Waals surface area contributed by atoms with Crippen LogP contribution in [0.4, 0.5) is 17.3 Å². The van der Waals surface area contributed by atoms with Crippen molar-refractivity contribution < 1.29 is 4.92 Å². The number of hydrogen-bond acceptors (Lipinski definition) is 5. The van der Waals surface area contributed by atoms with Crippen molar-refractivity contribution >= 4 is 17.3 Å². The first-order chi connectivity index (χ1) is 8.13. The summed E-state index contributed by atoms with van der Waals surface area (Å²) < 4.78 is 0. The minimum absolute atomic E-state index is 0.00532. The first-order valence-corrected chi connectivity index (χ1v) is 5.81. The average molecular weight is 236 g/mol. The average Bonchev–Trinajstić information content (AvgIpc) is 3.09. The van der Waals surface area contributed by atoms with Gasteiger partial charge in [-0.2, -0.15) is 0 Å². The maximum Gasteiger partial charge on any atom is 0.311 e. The Morgan fingerprint density at radius 1 is 1.59 bits per heavy atom. The summed E-state index contributed by atoms with van der Waals surface area (Å²) in [5.41, 5.74) is 5.47. The second kappa shape index (κ2) is 4.57. The molecule has 0 atom stereocenters. The minimum atomic E-state index is -0.507. The Balaban J connectivity index is 2.25. The molecule has 1 aromatic rings. The van der Waals surface area contributed by atoms with E-state index in [4.69, 9.17) is 5.73 Å². The zero-order valence-corrected chi connectivity index (χ0v) is 9.80. The molecule has 1 heterocycles. The van der Waals surface area contributed by atoms with Crippen molar-refractivity contribution in [2.45, 2.75) is 32.2 Å². The molecule has 92 valence electrons. The van der Waals surface area contributed by atoms with Gasteiger partial charge in [0.1, 0.15) is 5.82 Å². The summed E-state index contributed by atoms with van der Waals surface area (Å²) in [5.74, 6) is 0.742. The summed E-state index contributed by atoms with van der Waals surface area (Å²) in [7, 11) is 0. The Morgan fingerprint density at radius 2 is 2.29 bits per heavy atom. The Kier molecular flexibility index (Phi) is 3.12. The highest BCUT2D eigenvalue weighted by Crippen LogP contribution is 2.32. The van der Waals surface area contributed by atoms with Gasteiger partial charge in [-0.3, -0.25) is 10.1 Å². The second-order valence-corrected chi connectivity index (χ2v) is 4.26. The van der Waals surface area contributed by atoms with E-state index in [0.717, 1.165) is 18.8 Å². The molecule has 2 rings (SSSR count). The molecule has 6 nitrogen and oxygen atoms in total. The van der Waals surface area contributed by atoms with E-state index in [1.54, 1.807) is 6.07 Å². The van der Waals surface area contributed by atoms with Crippen LogP contribution in [0.2, 0.25) is 0 Å². The molecule has 1 fully saturated rings. The van der Waals surface area contributed by atoms with Crippen LogP contribution in [0.3, 0.4) is 0 Å². The van der Waals surface area contributed by atoms with E-state index in [1.165, 1.54) is 18.9 Å². The molecule has 0 saturated heterocycles. The van der Waals surface area contributed by atoms with Gasteiger partial charge in [-0.05, 0) is 25.3 Å². The molecule has 0 bridgehead atoms. The number of anilines is 2. The van der Waals surface area contributed by atoms with Crippen LogP contribution in [-0.4, -0.2) is 22.5 Å². The summed E-state index contributed by atoms with van der Waals surface area (Å²) >= 11 is 0. The summed E-state index contributed by atoms with van der Waals surface area (Å²) in [5, 5.41) is 10.6. The topological polar surface area (TPSA) is 85.3 Å². The third-order valence-electron chi connectivity index (χ3n) is 2.83. The van der Waals surface area contributed by atoms with Gasteiger partial charge in [-0.25, -0.2) is 4.98 Å². The van der Waals surface area contributed by atoms with E-state index >= 15 is 0 Å². The smallest absolute Gasteiger partial charge is 0.311 e. The maximum atomic E-state index is 10.6. The maximum absolute atomic E-state index is 10.6. The molecule has 0 radical (unpaired) electrons. The van der Waals surface area contributed by atoms with Gasteiger partial charge in [0.25, 0.3) is 0 Å². The quantitative estimate of drug-likeness (QED) is 0.623. The van der Waals surface area contributed by atoms with Crippen molar-refractivity contribution in [3.8, 4) is 0 Å². The normalized spacial score (nSPS) is 14.6. The first kappa shape index (κ1) is 11.6. The molecule has 2 N–H and O–H groups in total. The fourth-order valence-corrected chi connectivity index (χ4v) is 1.88. The van der Waals surface area contributed by atoms with E-state index < -0.39 is 4.92 Å². The molecular weight excluding hydrogens is 220 g/mol. The Labute approximate surface area is 99.6 Å². The molecular formula is C11H16N4O2. The highest BCUT2D eigenvalue weighted by Gasteiger charge is 2.30. The first-order valence-electron chi connectivity index (χ1n) is 5.81. The summed E-state index contributed by atoms with van der Waals surface area (Å²) in [4.78, 5) is 16.5. The van der Waals surface area contributed by atoms with Crippen LogP contribution in [0.1, 0.15) is 26.2 Å². The molecule has 0 spiro atoms. The van der Waals surface area contributed by atoms with Crippen LogP contribution in [0, 0.1) is 10.1 Å². The number of rotatable bonds is 5. The zero-order chi connectivity index (χ0) is 12.4. The largest absolute Gasteiger partial charge is 0.378 e. The zero-order valence-electron chi connectivity index (χ0n) is 9.80. The molecule has 0 amide bonds. The summed E-state index contributed by atoms with van der Waals surface area (Å²) in [6, 6.07) is 3.65. The standard InChI is InChI=1S/C11H16N4O2/c1-2-7-14(8-3-4-8)10-6-5-9(15(16)17)11(12)13-10/h5-6,8H,2-4,7H2,1H3,(H2,12,13). The monoisotopic (exact) mass is 236 g/mol. The summed E-state index contributed by atoms with van der Waals surface area (Å²) in [6.45, 7) is 3.01. The number of nitro groups is 1. The van der Waals surface area contributed by atoms with Crippen molar-refractivity contribution in [2.75, 3.05) is 17.2 Å². The SMILES string of the molecule is CCCN(c1ccc([N+](=O)[O-])c(N)n1)C1CC1. The van der Waals surface area contributed by atoms with E-state index in [1.807, 2.05) is 0 Å². The lowest BCUT2D eigenvalue weighted by Gasteiger charge is -2.22. The lowest BCUT2D eigenvalue weighted by molar-refractivity contribution is -0.384. The van der Waals surface area contributed by atoms with Gasteiger partial charge in [0, 0.05) is 18.7 Å². The number of hydrogen-bond donors (Lipinski definition) is 1. The molecule has 0 aromatic carbocycles. The number of pyridine rings is 1. The van der Waals surface area contributed by atoms with E-state index in [-0.39, 0.29) is 11.5 Å². The van der Waals surface area contributed by atoms with Crippen molar-refractivity contribution in [1.82, 2.24) is 4.98 Å². The van der Waals surface area contributed by atoms with E-state index in [9.17, 15) is 10.1 Å². The Morgan fingerprint density at radius 3 is 2.76 bits per heavy atom. The summed E-state index contributed by atoms with van der Waals surface area (Å²) in [6.07, 6.45) is 3.35. The van der Waals surface area contributed by atoms with Gasteiger partial charge in [-0.1, -0.05) is 6.92 Å². The molecule has 1 aliphatic carbocycles. The highest BCUT2D eigenvalue weighted by molar-refractivity contribution is 5.58. The Hall–Kier alpha value is -1.85. The second-order valence-electron chi connectivity index (χ2n) is 4.26. The molecule has 1 aromatic heterocycles. The van der Waals surface area contributed by atoms with Gasteiger partial charge in [0.15, 0.2) is 0 Å². The van der Waals surface area contributed by atoms with Crippen molar-refractivity contribution in [3.63, 3.8) is 0 Å². The molecule has 0 unspecified atom stereocenters. The molecule has 1 saturated carbocycles. The number of nitrogen functional groups attached to an aromatic ring is 1. The van der Waals surface area contributed by atoms with Crippen LogP contribution in [0.25, 0.3) is 0 Å².